The number of benzene rings is 1. The number of hydrogen-bond donors (Lipinski definition) is 0. The van der Waals surface area contributed by atoms with Crippen LogP contribution in [0.1, 0.15) is 44.2 Å². The van der Waals surface area contributed by atoms with Crippen LogP contribution in [0.3, 0.4) is 0 Å². The van der Waals surface area contributed by atoms with E-state index in [1.54, 1.807) is 6.26 Å². The van der Waals surface area contributed by atoms with Gasteiger partial charge in [-0.25, -0.2) is 4.98 Å². The fourth-order valence-corrected chi connectivity index (χ4v) is 5.11. The highest BCUT2D eigenvalue weighted by atomic mass is 16.3. The summed E-state index contributed by atoms with van der Waals surface area (Å²) in [6, 6.07) is 10.0. The Morgan fingerprint density at radius 3 is 2.75 bits per heavy atom. The summed E-state index contributed by atoms with van der Waals surface area (Å²) < 4.78 is 5.69. The Morgan fingerprint density at radius 1 is 1.11 bits per heavy atom. The standard InChI is InChI=1S/C23H29N3O2/c27-22-23(10-5-12-26(22)14-18-6-4-7-18)11-13-25(17-23)15-20-16-28-21(24-20)19-8-2-1-3-9-19/h1-3,8-9,16,18H,4-7,10-15,17H2. The fraction of sp³-hybridized carbons (Fsp3) is 0.565. The van der Waals surface area contributed by atoms with Crippen LogP contribution in [0.5, 0.6) is 0 Å². The van der Waals surface area contributed by atoms with Gasteiger partial charge in [0.05, 0.1) is 11.1 Å². The van der Waals surface area contributed by atoms with E-state index >= 15 is 0 Å². The van der Waals surface area contributed by atoms with Gasteiger partial charge in [-0.2, -0.15) is 0 Å². The molecule has 5 nitrogen and oxygen atoms in total. The van der Waals surface area contributed by atoms with E-state index in [9.17, 15) is 4.79 Å². The van der Waals surface area contributed by atoms with Crippen LogP contribution in [-0.2, 0) is 11.3 Å². The lowest BCUT2D eigenvalue weighted by atomic mass is 9.77. The highest BCUT2D eigenvalue weighted by Gasteiger charge is 2.48. The van der Waals surface area contributed by atoms with E-state index in [0.29, 0.717) is 11.8 Å². The molecule has 28 heavy (non-hydrogen) atoms. The minimum atomic E-state index is -0.159. The second kappa shape index (κ2) is 7.36. The van der Waals surface area contributed by atoms with Crippen molar-refractivity contribution in [3.8, 4) is 11.5 Å². The van der Waals surface area contributed by atoms with Crippen molar-refractivity contribution in [2.45, 2.75) is 45.1 Å². The van der Waals surface area contributed by atoms with Crippen LogP contribution in [-0.4, -0.2) is 46.9 Å². The summed E-state index contributed by atoms with van der Waals surface area (Å²) in [4.78, 5) is 22.5. The van der Waals surface area contributed by atoms with Gasteiger partial charge >= 0.3 is 0 Å². The average Bonchev–Trinajstić information content (AvgIpc) is 3.31. The van der Waals surface area contributed by atoms with Crippen LogP contribution in [0.2, 0.25) is 0 Å². The van der Waals surface area contributed by atoms with E-state index in [-0.39, 0.29) is 5.41 Å². The molecule has 5 rings (SSSR count). The van der Waals surface area contributed by atoms with E-state index < -0.39 is 0 Å². The SMILES string of the molecule is O=C1N(CC2CCC2)CCCC12CCN(Cc1coc(-c3ccccc3)n1)C2. The third-order valence-corrected chi connectivity index (χ3v) is 6.92. The number of aromatic nitrogens is 1. The number of oxazole rings is 1. The predicted octanol–water partition coefficient (Wildman–Crippen LogP) is 3.96. The van der Waals surface area contributed by atoms with Gasteiger partial charge in [0.1, 0.15) is 6.26 Å². The summed E-state index contributed by atoms with van der Waals surface area (Å²) >= 11 is 0. The van der Waals surface area contributed by atoms with Gasteiger partial charge in [-0.3, -0.25) is 9.69 Å². The number of likely N-dealkylation sites (tertiary alicyclic amines) is 2. The molecule has 3 heterocycles. The van der Waals surface area contributed by atoms with Gasteiger partial charge in [-0.15, -0.1) is 0 Å². The Kier molecular flexibility index (Phi) is 4.71. The van der Waals surface area contributed by atoms with Crippen LogP contribution in [0, 0.1) is 11.3 Å². The summed E-state index contributed by atoms with van der Waals surface area (Å²) in [6.45, 7) is 4.54. The van der Waals surface area contributed by atoms with E-state index in [2.05, 4.69) is 14.8 Å². The van der Waals surface area contributed by atoms with Crippen LogP contribution in [0.15, 0.2) is 41.0 Å². The minimum absolute atomic E-state index is 0.159. The van der Waals surface area contributed by atoms with Crippen molar-refractivity contribution in [1.29, 1.82) is 0 Å². The minimum Gasteiger partial charge on any atom is -0.444 e. The lowest BCUT2D eigenvalue weighted by molar-refractivity contribution is -0.146. The summed E-state index contributed by atoms with van der Waals surface area (Å²) in [5.41, 5.74) is 1.79. The first kappa shape index (κ1) is 17.9. The maximum Gasteiger partial charge on any atom is 0.230 e. The van der Waals surface area contributed by atoms with E-state index in [0.717, 1.165) is 69.2 Å². The smallest absolute Gasteiger partial charge is 0.230 e. The number of rotatable bonds is 5. The van der Waals surface area contributed by atoms with Crippen molar-refractivity contribution in [1.82, 2.24) is 14.8 Å². The summed E-state index contributed by atoms with van der Waals surface area (Å²) in [7, 11) is 0. The molecule has 1 atom stereocenters. The quantitative estimate of drug-likeness (QED) is 0.789. The van der Waals surface area contributed by atoms with Gasteiger partial charge in [0.25, 0.3) is 0 Å². The zero-order valence-electron chi connectivity index (χ0n) is 16.5. The molecule has 2 aliphatic heterocycles. The molecule has 1 aromatic carbocycles. The number of carbonyl (C=O) groups excluding carboxylic acids is 1. The monoisotopic (exact) mass is 379 g/mol. The second-order valence-electron chi connectivity index (χ2n) is 8.90. The number of nitrogens with zero attached hydrogens (tertiary/aromatic N) is 3. The van der Waals surface area contributed by atoms with Gasteiger partial charge in [0.2, 0.25) is 11.8 Å². The summed E-state index contributed by atoms with van der Waals surface area (Å²) in [5.74, 6) is 1.84. The Hall–Kier alpha value is -2.14. The lowest BCUT2D eigenvalue weighted by Gasteiger charge is -2.42. The molecular formula is C23H29N3O2. The molecule has 148 valence electrons. The maximum absolute atomic E-state index is 13.3. The lowest BCUT2D eigenvalue weighted by Crippen LogP contribution is -2.51. The van der Waals surface area contributed by atoms with Crippen molar-refractivity contribution in [3.63, 3.8) is 0 Å². The fourth-order valence-electron chi connectivity index (χ4n) is 5.11. The van der Waals surface area contributed by atoms with Gasteiger partial charge in [0, 0.05) is 31.7 Å². The third-order valence-electron chi connectivity index (χ3n) is 6.92. The van der Waals surface area contributed by atoms with Gasteiger partial charge in [-0.1, -0.05) is 24.6 Å². The van der Waals surface area contributed by atoms with Gasteiger partial charge in [0.15, 0.2) is 0 Å². The number of amides is 1. The molecule has 1 unspecified atom stereocenters. The largest absolute Gasteiger partial charge is 0.444 e. The van der Waals surface area contributed by atoms with Crippen LogP contribution in [0.4, 0.5) is 0 Å². The molecule has 0 radical (unpaired) electrons. The molecule has 0 bridgehead atoms. The second-order valence-corrected chi connectivity index (χ2v) is 8.90. The normalized spacial score (nSPS) is 26.1. The Morgan fingerprint density at radius 2 is 1.96 bits per heavy atom. The summed E-state index contributed by atoms with van der Waals surface area (Å²) in [5, 5.41) is 0. The highest BCUT2D eigenvalue weighted by molar-refractivity contribution is 5.84. The molecule has 3 aliphatic rings. The number of hydrogen-bond acceptors (Lipinski definition) is 4. The van der Waals surface area contributed by atoms with E-state index in [1.165, 1.54) is 19.3 Å². The molecule has 1 spiro atoms. The van der Waals surface area contributed by atoms with Crippen molar-refractivity contribution in [2.24, 2.45) is 11.3 Å². The molecule has 1 aromatic heterocycles. The maximum atomic E-state index is 13.3. The first-order valence-corrected chi connectivity index (χ1v) is 10.7. The van der Waals surface area contributed by atoms with Crippen LogP contribution in [0.25, 0.3) is 11.5 Å². The van der Waals surface area contributed by atoms with E-state index in [4.69, 9.17) is 4.42 Å². The van der Waals surface area contributed by atoms with Gasteiger partial charge in [-0.05, 0) is 56.7 Å². The van der Waals surface area contributed by atoms with Crippen LogP contribution < -0.4 is 0 Å². The molecular weight excluding hydrogens is 350 g/mol. The molecule has 1 aliphatic carbocycles. The van der Waals surface area contributed by atoms with Crippen molar-refractivity contribution in [2.75, 3.05) is 26.2 Å². The zero-order valence-corrected chi connectivity index (χ0v) is 16.5. The topological polar surface area (TPSA) is 49.6 Å². The molecule has 3 fully saturated rings. The van der Waals surface area contributed by atoms with E-state index in [1.807, 2.05) is 30.3 Å². The number of piperidine rings is 1. The molecule has 5 heteroatoms. The van der Waals surface area contributed by atoms with Crippen molar-refractivity contribution in [3.05, 3.63) is 42.3 Å². The zero-order chi connectivity index (χ0) is 19.0. The first-order chi connectivity index (χ1) is 13.7. The average molecular weight is 380 g/mol. The van der Waals surface area contributed by atoms with Crippen molar-refractivity contribution >= 4 is 5.91 Å². The predicted molar refractivity (Wildman–Crippen MR) is 107 cm³/mol. The first-order valence-electron chi connectivity index (χ1n) is 10.7. The molecule has 0 N–H and O–H groups in total. The highest BCUT2D eigenvalue weighted by Crippen LogP contribution is 2.41. The Balaban J connectivity index is 1.23. The van der Waals surface area contributed by atoms with Crippen LogP contribution >= 0.6 is 0 Å². The summed E-state index contributed by atoms with van der Waals surface area (Å²) in [6.07, 6.45) is 8.88. The molecule has 1 amide bonds. The molecule has 2 saturated heterocycles. The Labute approximate surface area is 166 Å². The third kappa shape index (κ3) is 3.37. The Bertz CT molecular complexity index is 829. The number of carbonyl (C=O) groups is 1. The van der Waals surface area contributed by atoms with Gasteiger partial charge < -0.3 is 9.32 Å². The van der Waals surface area contributed by atoms with Crippen molar-refractivity contribution < 1.29 is 9.21 Å². The molecule has 1 saturated carbocycles. The molecule has 2 aromatic rings.